The maximum absolute atomic E-state index is 6.37. The summed E-state index contributed by atoms with van der Waals surface area (Å²) in [6, 6.07) is 13.2. The fourth-order valence-corrected chi connectivity index (χ4v) is 2.61. The Morgan fingerprint density at radius 1 is 0.842 bits per heavy atom. The highest BCUT2D eigenvalue weighted by Crippen LogP contribution is 2.23. The third-order valence-corrected chi connectivity index (χ3v) is 4.07. The summed E-state index contributed by atoms with van der Waals surface area (Å²) in [6.07, 6.45) is 3.04. The van der Waals surface area contributed by atoms with Crippen LogP contribution in [0.1, 0.15) is 41.7 Å². The number of aryl methyl sites for hydroxylation is 3. The van der Waals surface area contributed by atoms with E-state index in [1.54, 1.807) is 0 Å². The molecule has 0 saturated carbocycles. The van der Waals surface area contributed by atoms with Gasteiger partial charge in [0, 0.05) is 5.02 Å². The zero-order valence-electron chi connectivity index (χ0n) is 12.0. The fraction of sp³-hybridized carbons (Fsp3) is 0.333. The van der Waals surface area contributed by atoms with Crippen molar-refractivity contribution < 1.29 is 0 Å². The van der Waals surface area contributed by atoms with Gasteiger partial charge in [-0.25, -0.2) is 0 Å². The highest BCUT2D eigenvalue weighted by molar-refractivity contribution is 6.31. The molecule has 2 rings (SSSR count). The summed E-state index contributed by atoms with van der Waals surface area (Å²) in [4.78, 5) is 0. The molecule has 0 atom stereocenters. The minimum Gasteiger partial charge on any atom is -0.0840 e. The van der Waals surface area contributed by atoms with E-state index in [2.05, 4.69) is 57.2 Å². The molecule has 0 spiro atoms. The van der Waals surface area contributed by atoms with E-state index in [0.717, 1.165) is 24.3 Å². The van der Waals surface area contributed by atoms with Gasteiger partial charge < -0.3 is 0 Å². The van der Waals surface area contributed by atoms with Crippen molar-refractivity contribution in [2.45, 2.75) is 40.0 Å². The number of halogens is 1. The van der Waals surface area contributed by atoms with Crippen molar-refractivity contribution in [3.63, 3.8) is 0 Å². The van der Waals surface area contributed by atoms with Crippen molar-refractivity contribution in [1.82, 2.24) is 0 Å². The molecule has 0 bridgehead atoms. The normalized spacial score (nSPS) is 10.7. The molecule has 0 N–H and O–H groups in total. The topological polar surface area (TPSA) is 0 Å². The fourth-order valence-electron chi connectivity index (χ4n) is 2.34. The Bertz CT molecular complexity index is 518. The van der Waals surface area contributed by atoms with Gasteiger partial charge in [-0.1, -0.05) is 55.8 Å². The van der Waals surface area contributed by atoms with Gasteiger partial charge in [-0.2, -0.15) is 0 Å². The van der Waals surface area contributed by atoms with Crippen LogP contribution in [0.3, 0.4) is 0 Å². The average Bonchev–Trinajstić information content (AvgIpc) is 2.42. The lowest BCUT2D eigenvalue weighted by Crippen LogP contribution is -1.95. The second-order valence-corrected chi connectivity index (χ2v) is 5.48. The van der Waals surface area contributed by atoms with Crippen LogP contribution in [0.5, 0.6) is 0 Å². The maximum atomic E-state index is 6.37. The first-order valence-electron chi connectivity index (χ1n) is 6.99. The van der Waals surface area contributed by atoms with Crippen LogP contribution >= 0.6 is 11.6 Å². The van der Waals surface area contributed by atoms with Crippen LogP contribution in [0.4, 0.5) is 0 Å². The summed E-state index contributed by atoms with van der Waals surface area (Å²) in [5.41, 5.74) is 6.63. The van der Waals surface area contributed by atoms with Crippen LogP contribution in [0.15, 0.2) is 36.4 Å². The SMILES string of the molecule is CCc1ccc(Cc2ccc(CC)cc2Cl)c(C)c1. The van der Waals surface area contributed by atoms with Crippen molar-refractivity contribution in [3.05, 3.63) is 69.2 Å². The van der Waals surface area contributed by atoms with Crippen LogP contribution in [-0.4, -0.2) is 0 Å². The van der Waals surface area contributed by atoms with Gasteiger partial charge in [0.05, 0.1) is 0 Å². The van der Waals surface area contributed by atoms with Crippen molar-refractivity contribution in [3.8, 4) is 0 Å². The molecule has 0 radical (unpaired) electrons. The van der Waals surface area contributed by atoms with Gasteiger partial charge in [0.1, 0.15) is 0 Å². The third kappa shape index (κ3) is 3.39. The Hall–Kier alpha value is -1.27. The van der Waals surface area contributed by atoms with Crippen molar-refractivity contribution in [1.29, 1.82) is 0 Å². The van der Waals surface area contributed by atoms with Crippen molar-refractivity contribution in [2.75, 3.05) is 0 Å². The van der Waals surface area contributed by atoms with E-state index >= 15 is 0 Å². The van der Waals surface area contributed by atoms with Crippen LogP contribution in [0, 0.1) is 6.92 Å². The molecular formula is C18H21Cl. The molecule has 0 unspecified atom stereocenters. The lowest BCUT2D eigenvalue weighted by Gasteiger charge is -2.10. The third-order valence-electron chi connectivity index (χ3n) is 3.72. The van der Waals surface area contributed by atoms with E-state index in [-0.39, 0.29) is 0 Å². The lowest BCUT2D eigenvalue weighted by atomic mass is 9.97. The van der Waals surface area contributed by atoms with Crippen LogP contribution < -0.4 is 0 Å². The van der Waals surface area contributed by atoms with E-state index in [0.29, 0.717) is 0 Å². The molecule has 100 valence electrons. The number of rotatable bonds is 4. The van der Waals surface area contributed by atoms with Gasteiger partial charge in [-0.15, -0.1) is 0 Å². The smallest absolute Gasteiger partial charge is 0.0444 e. The van der Waals surface area contributed by atoms with Crippen molar-refractivity contribution in [2.24, 2.45) is 0 Å². The van der Waals surface area contributed by atoms with Crippen molar-refractivity contribution >= 4 is 11.6 Å². The lowest BCUT2D eigenvalue weighted by molar-refractivity contribution is 1.09. The summed E-state index contributed by atoms with van der Waals surface area (Å²) in [5.74, 6) is 0. The van der Waals surface area contributed by atoms with Gasteiger partial charge in [0.15, 0.2) is 0 Å². The van der Waals surface area contributed by atoms with Gasteiger partial charge in [-0.3, -0.25) is 0 Å². The van der Waals surface area contributed by atoms with Gasteiger partial charge >= 0.3 is 0 Å². The molecule has 2 aromatic rings. The Morgan fingerprint density at radius 3 is 1.95 bits per heavy atom. The average molecular weight is 273 g/mol. The van der Waals surface area contributed by atoms with E-state index < -0.39 is 0 Å². The summed E-state index contributed by atoms with van der Waals surface area (Å²) in [7, 11) is 0. The van der Waals surface area contributed by atoms with Gasteiger partial charge in [0.2, 0.25) is 0 Å². The molecule has 0 saturated heterocycles. The molecule has 0 aliphatic carbocycles. The van der Waals surface area contributed by atoms with Crippen LogP contribution in [0.2, 0.25) is 5.02 Å². The standard InChI is InChI=1S/C18H21Cl/c1-4-14-6-8-16(13(3)10-14)12-17-9-7-15(5-2)11-18(17)19/h6-11H,4-5,12H2,1-3H3. The Kier molecular flexibility index (Phi) is 4.66. The molecule has 0 aliphatic rings. The van der Waals surface area contributed by atoms with E-state index in [1.807, 2.05) is 0 Å². The molecular weight excluding hydrogens is 252 g/mol. The van der Waals surface area contributed by atoms with Crippen LogP contribution in [-0.2, 0) is 19.3 Å². The first kappa shape index (κ1) is 14.1. The summed E-state index contributed by atoms with van der Waals surface area (Å²) >= 11 is 6.37. The molecule has 0 amide bonds. The second-order valence-electron chi connectivity index (χ2n) is 5.07. The molecule has 0 aromatic heterocycles. The Balaban J connectivity index is 2.26. The first-order valence-corrected chi connectivity index (χ1v) is 7.37. The minimum absolute atomic E-state index is 0.887. The van der Waals surface area contributed by atoms with E-state index in [1.165, 1.54) is 27.8 Å². The molecule has 0 aliphatic heterocycles. The summed E-state index contributed by atoms with van der Waals surface area (Å²) in [6.45, 7) is 6.52. The van der Waals surface area contributed by atoms with Crippen LogP contribution in [0.25, 0.3) is 0 Å². The summed E-state index contributed by atoms with van der Waals surface area (Å²) < 4.78 is 0. The molecule has 19 heavy (non-hydrogen) atoms. The zero-order chi connectivity index (χ0) is 13.8. The molecule has 0 heterocycles. The molecule has 1 heteroatoms. The second kappa shape index (κ2) is 6.25. The predicted molar refractivity (Wildman–Crippen MR) is 84.2 cm³/mol. The highest BCUT2D eigenvalue weighted by Gasteiger charge is 2.05. The highest BCUT2D eigenvalue weighted by atomic mass is 35.5. The molecule has 2 aromatic carbocycles. The number of benzene rings is 2. The summed E-state index contributed by atoms with van der Waals surface area (Å²) in [5, 5.41) is 0.887. The minimum atomic E-state index is 0.887. The van der Waals surface area contributed by atoms with E-state index in [9.17, 15) is 0 Å². The first-order chi connectivity index (χ1) is 9.13. The quantitative estimate of drug-likeness (QED) is 0.702. The molecule has 0 fully saturated rings. The monoisotopic (exact) mass is 272 g/mol. The Morgan fingerprint density at radius 2 is 1.42 bits per heavy atom. The van der Waals surface area contributed by atoms with Gasteiger partial charge in [0.25, 0.3) is 0 Å². The number of hydrogen-bond donors (Lipinski definition) is 0. The predicted octanol–water partition coefficient (Wildman–Crippen LogP) is 5.36. The number of hydrogen-bond acceptors (Lipinski definition) is 0. The van der Waals surface area contributed by atoms with Gasteiger partial charge in [-0.05, 0) is 60.1 Å². The Labute approximate surface area is 121 Å². The maximum Gasteiger partial charge on any atom is 0.0444 e. The molecule has 0 nitrogen and oxygen atoms in total. The largest absolute Gasteiger partial charge is 0.0840 e. The van der Waals surface area contributed by atoms with E-state index in [4.69, 9.17) is 11.6 Å². The zero-order valence-corrected chi connectivity index (χ0v) is 12.7.